The largest absolute Gasteiger partial charge is 0.475 e. The first kappa shape index (κ1) is 15.5. The summed E-state index contributed by atoms with van der Waals surface area (Å²) < 4.78 is 16.2. The van der Waals surface area contributed by atoms with Crippen LogP contribution < -0.4 is 0 Å². The van der Waals surface area contributed by atoms with Crippen LogP contribution in [0.15, 0.2) is 35.3 Å². The van der Waals surface area contributed by atoms with Crippen LogP contribution in [0.4, 0.5) is 0 Å². The van der Waals surface area contributed by atoms with Gasteiger partial charge in [0.2, 0.25) is 5.90 Å². The lowest BCUT2D eigenvalue weighted by Crippen LogP contribution is -2.18. The number of hydrogen-bond donors (Lipinski definition) is 0. The topological polar surface area (TPSA) is 57.1 Å². The maximum atomic E-state index is 10.8. The number of hydrogen-bond acceptors (Lipinski definition) is 5. The summed E-state index contributed by atoms with van der Waals surface area (Å²) in [5.41, 5.74) is 0.989. The average Bonchev–Trinajstić information content (AvgIpc) is 2.93. The van der Waals surface area contributed by atoms with Crippen molar-refractivity contribution in [3.63, 3.8) is 0 Å². The molecule has 0 aromatic heterocycles. The maximum Gasteiger partial charge on any atom is 0.302 e. The summed E-state index contributed by atoms with van der Waals surface area (Å²) in [5.74, 6) is 0.418. The minimum absolute atomic E-state index is 0.0317. The van der Waals surface area contributed by atoms with Crippen LogP contribution in [0.1, 0.15) is 25.8 Å². The van der Waals surface area contributed by atoms with Gasteiger partial charge in [-0.25, -0.2) is 4.99 Å². The van der Waals surface area contributed by atoms with E-state index in [0.29, 0.717) is 32.1 Å². The molecule has 0 fully saturated rings. The molecule has 1 aromatic rings. The van der Waals surface area contributed by atoms with Crippen molar-refractivity contribution in [3.05, 3.63) is 35.9 Å². The van der Waals surface area contributed by atoms with Gasteiger partial charge in [0.15, 0.2) is 0 Å². The summed E-state index contributed by atoms with van der Waals surface area (Å²) in [6.45, 7) is 4.87. The summed E-state index contributed by atoms with van der Waals surface area (Å²) in [4.78, 5) is 15.3. The zero-order valence-corrected chi connectivity index (χ0v) is 12.5. The van der Waals surface area contributed by atoms with Gasteiger partial charge in [0.1, 0.15) is 18.8 Å². The van der Waals surface area contributed by atoms with Crippen LogP contribution >= 0.6 is 0 Å². The lowest BCUT2D eigenvalue weighted by atomic mass is 10.2. The number of benzene rings is 1. The molecular weight excluding hydrogens is 270 g/mol. The van der Waals surface area contributed by atoms with Gasteiger partial charge in [-0.2, -0.15) is 0 Å². The number of nitrogens with zero attached hydrogens (tertiary/aromatic N) is 1. The molecule has 0 amide bonds. The Hall–Kier alpha value is -1.88. The average molecular weight is 291 g/mol. The minimum atomic E-state index is -0.260. The lowest BCUT2D eigenvalue weighted by Gasteiger charge is -2.12. The maximum absolute atomic E-state index is 10.8. The summed E-state index contributed by atoms with van der Waals surface area (Å²) in [6, 6.07) is 9.86. The number of carbonyl (C=O) groups excluding carboxylic acids is 1. The van der Waals surface area contributed by atoms with E-state index >= 15 is 0 Å². The van der Waals surface area contributed by atoms with E-state index in [4.69, 9.17) is 14.2 Å². The first-order valence-corrected chi connectivity index (χ1v) is 7.16. The molecule has 0 unspecified atom stereocenters. The Morgan fingerprint density at radius 1 is 1.43 bits per heavy atom. The highest BCUT2D eigenvalue weighted by molar-refractivity contribution is 5.95. The van der Waals surface area contributed by atoms with Crippen molar-refractivity contribution in [1.29, 1.82) is 0 Å². The van der Waals surface area contributed by atoms with Gasteiger partial charge in [-0.05, 0) is 19.1 Å². The third-order valence-electron chi connectivity index (χ3n) is 3.08. The number of carbonyl (C=O) groups is 1. The van der Waals surface area contributed by atoms with Gasteiger partial charge in [0.05, 0.1) is 13.2 Å². The van der Waals surface area contributed by atoms with Crippen LogP contribution in [0.25, 0.3) is 0 Å². The van der Waals surface area contributed by atoms with Gasteiger partial charge >= 0.3 is 5.97 Å². The highest BCUT2D eigenvalue weighted by atomic mass is 16.5. The van der Waals surface area contributed by atoms with E-state index in [1.165, 1.54) is 6.92 Å². The molecular formula is C16H21NO4. The minimum Gasteiger partial charge on any atom is -0.475 e. The Balaban J connectivity index is 1.69. The number of esters is 1. The van der Waals surface area contributed by atoms with E-state index < -0.39 is 0 Å². The van der Waals surface area contributed by atoms with E-state index in [1.807, 2.05) is 37.3 Å². The molecule has 0 spiro atoms. The molecule has 2 atom stereocenters. The van der Waals surface area contributed by atoms with Crippen LogP contribution in [0.2, 0.25) is 0 Å². The van der Waals surface area contributed by atoms with Crippen LogP contribution in [0.5, 0.6) is 0 Å². The third kappa shape index (κ3) is 5.19. The lowest BCUT2D eigenvalue weighted by molar-refractivity contribution is -0.146. The van der Waals surface area contributed by atoms with Gasteiger partial charge in [-0.15, -0.1) is 0 Å². The Morgan fingerprint density at radius 3 is 2.90 bits per heavy atom. The fourth-order valence-corrected chi connectivity index (χ4v) is 2.05. The smallest absolute Gasteiger partial charge is 0.302 e. The molecule has 1 aliphatic heterocycles. The van der Waals surface area contributed by atoms with E-state index in [1.54, 1.807) is 0 Å². The molecule has 1 heterocycles. The number of aliphatic imine (C=N–C) groups is 1. The van der Waals surface area contributed by atoms with E-state index in [0.717, 1.165) is 5.56 Å². The Labute approximate surface area is 124 Å². The van der Waals surface area contributed by atoms with Crippen molar-refractivity contribution in [2.75, 3.05) is 19.8 Å². The van der Waals surface area contributed by atoms with Gasteiger partial charge in [-0.1, -0.05) is 18.2 Å². The zero-order chi connectivity index (χ0) is 15.1. The third-order valence-corrected chi connectivity index (χ3v) is 3.08. The van der Waals surface area contributed by atoms with Crippen LogP contribution in [-0.4, -0.2) is 43.8 Å². The van der Waals surface area contributed by atoms with Crippen molar-refractivity contribution in [1.82, 2.24) is 0 Å². The quantitative estimate of drug-likeness (QED) is 0.571. The second-order valence-corrected chi connectivity index (χ2v) is 5.05. The van der Waals surface area contributed by atoms with Crippen LogP contribution in [0, 0.1) is 0 Å². The standard InChI is InChI=1S/C16H21NO4/c1-12(21-13(2)18)8-9-19-10-15-11-20-16(17-15)14-6-4-3-5-7-14/h3-7,12,15H,8-11H2,1-2H3/t12-,15-/m1/s1. The highest BCUT2D eigenvalue weighted by Crippen LogP contribution is 2.12. The molecule has 5 heteroatoms. The SMILES string of the molecule is CC(=O)O[C@H](C)CCOC[C@@H]1COC(c2ccccc2)=N1. The molecule has 0 radical (unpaired) electrons. The summed E-state index contributed by atoms with van der Waals surface area (Å²) in [6.07, 6.45) is 0.563. The molecule has 0 aliphatic carbocycles. The van der Waals surface area contributed by atoms with E-state index in [9.17, 15) is 4.79 Å². The van der Waals surface area contributed by atoms with Crippen molar-refractivity contribution in [2.24, 2.45) is 4.99 Å². The van der Waals surface area contributed by atoms with Gasteiger partial charge in [-0.3, -0.25) is 4.79 Å². The molecule has 1 aromatic carbocycles. The fourth-order valence-electron chi connectivity index (χ4n) is 2.05. The fraction of sp³-hybridized carbons (Fsp3) is 0.500. The molecule has 114 valence electrons. The molecule has 0 N–H and O–H groups in total. The predicted octanol–water partition coefficient (Wildman–Crippen LogP) is 2.19. The molecule has 0 saturated carbocycles. The monoisotopic (exact) mass is 291 g/mol. The van der Waals surface area contributed by atoms with Crippen molar-refractivity contribution in [3.8, 4) is 0 Å². The normalized spacial score (nSPS) is 18.8. The first-order valence-electron chi connectivity index (χ1n) is 7.16. The van der Waals surface area contributed by atoms with Gasteiger partial charge in [0, 0.05) is 18.9 Å². The molecule has 21 heavy (non-hydrogen) atoms. The van der Waals surface area contributed by atoms with E-state index in [2.05, 4.69) is 4.99 Å². The molecule has 5 nitrogen and oxygen atoms in total. The Bertz CT molecular complexity index is 486. The van der Waals surface area contributed by atoms with Gasteiger partial charge in [0.25, 0.3) is 0 Å². The summed E-state index contributed by atoms with van der Waals surface area (Å²) in [5, 5.41) is 0. The summed E-state index contributed by atoms with van der Waals surface area (Å²) in [7, 11) is 0. The zero-order valence-electron chi connectivity index (χ0n) is 12.5. The first-order chi connectivity index (χ1) is 10.1. The van der Waals surface area contributed by atoms with Gasteiger partial charge < -0.3 is 14.2 Å². The second-order valence-electron chi connectivity index (χ2n) is 5.05. The molecule has 0 bridgehead atoms. The molecule has 1 aliphatic rings. The highest BCUT2D eigenvalue weighted by Gasteiger charge is 2.20. The molecule has 2 rings (SSSR count). The predicted molar refractivity (Wildman–Crippen MR) is 79.4 cm³/mol. The van der Waals surface area contributed by atoms with Crippen molar-refractivity contribution in [2.45, 2.75) is 32.4 Å². The Morgan fingerprint density at radius 2 is 2.19 bits per heavy atom. The van der Waals surface area contributed by atoms with E-state index in [-0.39, 0.29) is 18.1 Å². The Kier molecular flexibility index (Phi) is 5.75. The van der Waals surface area contributed by atoms with Crippen molar-refractivity contribution < 1.29 is 19.0 Å². The number of ether oxygens (including phenoxy) is 3. The summed E-state index contributed by atoms with van der Waals surface area (Å²) >= 11 is 0. The van der Waals surface area contributed by atoms with Crippen molar-refractivity contribution >= 4 is 11.9 Å². The number of rotatable bonds is 7. The van der Waals surface area contributed by atoms with Crippen LogP contribution in [-0.2, 0) is 19.0 Å². The molecule has 0 saturated heterocycles. The second kappa shape index (κ2) is 7.78. The van der Waals surface area contributed by atoms with Crippen LogP contribution in [0.3, 0.4) is 0 Å².